The highest BCUT2D eigenvalue weighted by atomic mass is 16.4. The Morgan fingerprint density at radius 1 is 1.33 bits per heavy atom. The largest absolute Gasteiger partial charge is 0.479 e. The third-order valence-electron chi connectivity index (χ3n) is 2.38. The van der Waals surface area contributed by atoms with Crippen LogP contribution in [0.1, 0.15) is 11.1 Å². The molecule has 1 atom stereocenters. The summed E-state index contributed by atoms with van der Waals surface area (Å²) in [5, 5.41) is 22.3. The molecule has 18 heavy (non-hydrogen) atoms. The van der Waals surface area contributed by atoms with Crippen LogP contribution in [0.5, 0.6) is 0 Å². The van der Waals surface area contributed by atoms with E-state index >= 15 is 0 Å². The topological polar surface area (TPSA) is 98.7 Å². The van der Waals surface area contributed by atoms with E-state index in [0.717, 1.165) is 11.1 Å². The molecule has 98 valence electrons. The Hall–Kier alpha value is -2.08. The van der Waals surface area contributed by atoms with E-state index in [1.165, 1.54) is 0 Å². The average molecular weight is 252 g/mol. The molecule has 0 radical (unpaired) electrons. The van der Waals surface area contributed by atoms with Crippen LogP contribution in [-0.4, -0.2) is 34.9 Å². The first-order chi connectivity index (χ1) is 8.40. The number of rotatable bonds is 4. The molecule has 0 fully saturated rings. The molecule has 1 rings (SSSR count). The number of carbonyl (C=O) groups is 2. The highest BCUT2D eigenvalue weighted by Crippen LogP contribution is 2.15. The lowest BCUT2D eigenvalue weighted by atomic mass is 10.1. The Kier molecular flexibility index (Phi) is 4.67. The number of anilines is 1. The number of hydrogen-bond donors (Lipinski definition) is 4. The minimum atomic E-state index is -1.60. The summed E-state index contributed by atoms with van der Waals surface area (Å²) in [5.41, 5.74) is 2.55. The van der Waals surface area contributed by atoms with Crippen LogP contribution in [-0.2, 0) is 4.79 Å². The summed E-state index contributed by atoms with van der Waals surface area (Å²) in [6.07, 6.45) is -1.60. The Labute approximate surface area is 105 Å². The minimum absolute atomic E-state index is 0.341. The van der Waals surface area contributed by atoms with Gasteiger partial charge in [-0.2, -0.15) is 0 Å². The zero-order valence-corrected chi connectivity index (χ0v) is 10.2. The first kappa shape index (κ1) is 14.0. The van der Waals surface area contributed by atoms with E-state index in [0.29, 0.717) is 5.69 Å². The summed E-state index contributed by atoms with van der Waals surface area (Å²) in [5.74, 6) is -1.37. The molecule has 0 saturated heterocycles. The molecular weight excluding hydrogens is 236 g/mol. The number of urea groups is 1. The standard InChI is InChI=1S/C12H16N2O4/c1-7-3-4-8(2)9(5-7)14-12(18)13-6-10(15)11(16)17/h3-5,10,15H,6H2,1-2H3,(H,16,17)(H2,13,14,18). The molecule has 0 bridgehead atoms. The second-order valence-electron chi connectivity index (χ2n) is 4.01. The number of carbonyl (C=O) groups excluding carboxylic acids is 1. The van der Waals surface area contributed by atoms with Crippen LogP contribution in [0.3, 0.4) is 0 Å². The third kappa shape index (κ3) is 4.06. The molecule has 0 aliphatic heterocycles. The smallest absolute Gasteiger partial charge is 0.334 e. The number of aliphatic carboxylic acids is 1. The highest BCUT2D eigenvalue weighted by Gasteiger charge is 2.14. The van der Waals surface area contributed by atoms with Gasteiger partial charge in [-0.15, -0.1) is 0 Å². The zero-order chi connectivity index (χ0) is 13.7. The van der Waals surface area contributed by atoms with Crippen molar-refractivity contribution in [2.45, 2.75) is 20.0 Å². The third-order valence-corrected chi connectivity index (χ3v) is 2.38. The van der Waals surface area contributed by atoms with Gasteiger partial charge in [-0.25, -0.2) is 9.59 Å². The van der Waals surface area contributed by atoms with Gasteiger partial charge in [0.25, 0.3) is 0 Å². The lowest BCUT2D eigenvalue weighted by Gasteiger charge is -2.11. The fraction of sp³-hybridized carbons (Fsp3) is 0.333. The summed E-state index contributed by atoms with van der Waals surface area (Å²) >= 11 is 0. The van der Waals surface area contributed by atoms with Crippen molar-refractivity contribution >= 4 is 17.7 Å². The maximum absolute atomic E-state index is 11.5. The molecule has 6 heteroatoms. The van der Waals surface area contributed by atoms with Crippen molar-refractivity contribution in [2.24, 2.45) is 0 Å². The van der Waals surface area contributed by atoms with E-state index in [-0.39, 0.29) is 6.54 Å². The Morgan fingerprint density at radius 3 is 2.61 bits per heavy atom. The van der Waals surface area contributed by atoms with Crippen molar-refractivity contribution < 1.29 is 19.8 Å². The van der Waals surface area contributed by atoms with Crippen molar-refractivity contribution in [3.8, 4) is 0 Å². The predicted molar refractivity (Wildman–Crippen MR) is 66.6 cm³/mol. The fourth-order valence-electron chi connectivity index (χ4n) is 1.31. The molecule has 1 unspecified atom stereocenters. The van der Waals surface area contributed by atoms with E-state index in [2.05, 4.69) is 10.6 Å². The van der Waals surface area contributed by atoms with Crippen LogP contribution in [0.4, 0.5) is 10.5 Å². The van der Waals surface area contributed by atoms with Crippen molar-refractivity contribution in [2.75, 3.05) is 11.9 Å². The molecule has 4 N–H and O–H groups in total. The number of aliphatic hydroxyl groups excluding tert-OH is 1. The van der Waals surface area contributed by atoms with E-state index in [4.69, 9.17) is 10.2 Å². The number of hydrogen-bond acceptors (Lipinski definition) is 3. The van der Waals surface area contributed by atoms with Gasteiger partial charge >= 0.3 is 12.0 Å². The number of nitrogens with one attached hydrogen (secondary N) is 2. The number of aryl methyl sites for hydroxylation is 2. The Balaban J connectivity index is 2.54. The van der Waals surface area contributed by atoms with Gasteiger partial charge in [-0.3, -0.25) is 0 Å². The molecule has 0 spiro atoms. The SMILES string of the molecule is Cc1ccc(C)c(NC(=O)NCC(O)C(=O)O)c1. The van der Waals surface area contributed by atoms with Gasteiger partial charge in [0.2, 0.25) is 0 Å². The molecular formula is C12H16N2O4. The van der Waals surface area contributed by atoms with Gasteiger partial charge in [0.05, 0.1) is 6.54 Å². The number of aliphatic hydroxyl groups is 1. The van der Waals surface area contributed by atoms with Crippen molar-refractivity contribution in [3.63, 3.8) is 0 Å². The summed E-state index contributed by atoms with van der Waals surface area (Å²) in [4.78, 5) is 21.8. The van der Waals surface area contributed by atoms with Gasteiger partial charge in [-0.1, -0.05) is 12.1 Å². The van der Waals surface area contributed by atoms with E-state index in [1.54, 1.807) is 0 Å². The number of carboxylic acids is 1. The monoisotopic (exact) mass is 252 g/mol. The van der Waals surface area contributed by atoms with Crippen LogP contribution < -0.4 is 10.6 Å². The molecule has 0 saturated carbocycles. The lowest BCUT2D eigenvalue weighted by Crippen LogP contribution is -2.38. The highest BCUT2D eigenvalue weighted by molar-refractivity contribution is 5.90. The maximum Gasteiger partial charge on any atom is 0.334 e. The molecule has 0 aromatic heterocycles. The summed E-state index contributed by atoms with van der Waals surface area (Å²) in [6.45, 7) is 3.41. The fourth-order valence-corrected chi connectivity index (χ4v) is 1.31. The molecule has 1 aromatic rings. The lowest BCUT2D eigenvalue weighted by molar-refractivity contribution is -0.146. The normalized spacial score (nSPS) is 11.7. The minimum Gasteiger partial charge on any atom is -0.479 e. The van der Waals surface area contributed by atoms with Gasteiger partial charge in [0, 0.05) is 5.69 Å². The van der Waals surface area contributed by atoms with Gasteiger partial charge < -0.3 is 20.8 Å². The first-order valence-electron chi connectivity index (χ1n) is 5.43. The van der Waals surface area contributed by atoms with Crippen molar-refractivity contribution in [1.82, 2.24) is 5.32 Å². The molecule has 6 nitrogen and oxygen atoms in total. The maximum atomic E-state index is 11.5. The molecule has 2 amide bonds. The van der Waals surface area contributed by atoms with E-state index in [9.17, 15) is 9.59 Å². The second-order valence-corrected chi connectivity index (χ2v) is 4.01. The number of amides is 2. The van der Waals surface area contributed by atoms with E-state index in [1.807, 2.05) is 32.0 Å². The number of carboxylic acid groups (broad SMARTS) is 1. The second kappa shape index (κ2) is 6.02. The quantitative estimate of drug-likeness (QED) is 0.639. The summed E-state index contributed by atoms with van der Waals surface area (Å²) < 4.78 is 0. The Morgan fingerprint density at radius 2 is 2.00 bits per heavy atom. The molecule has 0 heterocycles. The van der Waals surface area contributed by atoms with E-state index < -0.39 is 18.1 Å². The van der Waals surface area contributed by atoms with Crippen LogP contribution >= 0.6 is 0 Å². The van der Waals surface area contributed by atoms with Crippen molar-refractivity contribution in [3.05, 3.63) is 29.3 Å². The van der Waals surface area contributed by atoms with Crippen LogP contribution in [0.15, 0.2) is 18.2 Å². The van der Waals surface area contributed by atoms with Gasteiger partial charge in [-0.05, 0) is 31.0 Å². The zero-order valence-electron chi connectivity index (χ0n) is 10.2. The summed E-state index contributed by atoms with van der Waals surface area (Å²) in [7, 11) is 0. The van der Waals surface area contributed by atoms with Gasteiger partial charge in [0.1, 0.15) is 0 Å². The molecule has 0 aliphatic carbocycles. The predicted octanol–water partition coefficient (Wildman–Crippen LogP) is 0.870. The molecule has 1 aromatic carbocycles. The van der Waals surface area contributed by atoms with Crippen molar-refractivity contribution in [1.29, 1.82) is 0 Å². The summed E-state index contributed by atoms with van der Waals surface area (Å²) in [6, 6.07) is 5.05. The van der Waals surface area contributed by atoms with Crippen LogP contribution in [0.25, 0.3) is 0 Å². The molecule has 0 aliphatic rings. The number of benzene rings is 1. The Bertz CT molecular complexity index is 459. The van der Waals surface area contributed by atoms with Gasteiger partial charge in [0.15, 0.2) is 6.10 Å². The first-order valence-corrected chi connectivity index (χ1v) is 5.43. The van der Waals surface area contributed by atoms with Crippen LogP contribution in [0, 0.1) is 13.8 Å². The van der Waals surface area contributed by atoms with Crippen LogP contribution in [0.2, 0.25) is 0 Å². The average Bonchev–Trinajstić information content (AvgIpc) is 2.30.